The first-order valence-corrected chi connectivity index (χ1v) is 8.54. The Labute approximate surface area is 158 Å². The molecule has 0 unspecified atom stereocenters. The van der Waals surface area contributed by atoms with Crippen molar-refractivity contribution in [3.05, 3.63) is 0 Å². The molecule has 0 aromatic rings. The van der Waals surface area contributed by atoms with Crippen molar-refractivity contribution in [2.75, 3.05) is 79.5 Å². The van der Waals surface area contributed by atoms with Crippen LogP contribution < -0.4 is 0 Å². The van der Waals surface area contributed by atoms with Gasteiger partial charge in [0, 0.05) is 39.3 Å². The molecule has 0 amide bonds. The maximum absolute atomic E-state index is 11.0. The molecule has 0 aromatic carbocycles. The van der Waals surface area contributed by atoms with Gasteiger partial charge in [-0.2, -0.15) is 0 Å². The number of carboxylic acid groups (broad SMARTS) is 3. The lowest BCUT2D eigenvalue weighted by Gasteiger charge is -2.28. The second-order valence-corrected chi connectivity index (χ2v) is 6.40. The lowest BCUT2D eigenvalue weighted by atomic mass is 10.3. The van der Waals surface area contributed by atoms with Crippen molar-refractivity contribution < 1.29 is 34.5 Å². The lowest BCUT2D eigenvalue weighted by Crippen LogP contribution is -2.44. The van der Waals surface area contributed by atoms with Crippen molar-refractivity contribution in [1.82, 2.24) is 19.6 Å². The molecule has 3 N–H and O–H groups in total. The molecule has 0 saturated heterocycles. The Morgan fingerprint density at radius 1 is 0.667 bits per heavy atom. The van der Waals surface area contributed by atoms with Gasteiger partial charge in [-0.25, -0.2) is 0 Å². The standard InChI is InChI=1S/C16H30N4O7/c1-17(11-14(22)23)3-5-19(9-10-21)7-8-20(13-16(26)27)6-4-18(2)12-15(24)25/h10H,3-9,11-13H2,1-2H3,(H,22,23)(H,24,25)(H,26,27). The molecule has 0 bridgehead atoms. The third kappa shape index (κ3) is 14.7. The summed E-state index contributed by atoms with van der Waals surface area (Å²) < 4.78 is 0. The van der Waals surface area contributed by atoms with E-state index in [9.17, 15) is 19.2 Å². The minimum absolute atomic E-state index is 0.101. The number of carbonyl (C=O) groups excluding carboxylic acids is 1. The van der Waals surface area contributed by atoms with E-state index in [0.717, 1.165) is 6.29 Å². The van der Waals surface area contributed by atoms with Gasteiger partial charge >= 0.3 is 17.9 Å². The predicted octanol–water partition coefficient (Wildman–Crippen LogP) is -2.09. The van der Waals surface area contributed by atoms with Crippen LogP contribution in [0.5, 0.6) is 0 Å². The van der Waals surface area contributed by atoms with Gasteiger partial charge in [0.15, 0.2) is 0 Å². The van der Waals surface area contributed by atoms with Crippen LogP contribution >= 0.6 is 0 Å². The van der Waals surface area contributed by atoms with Gasteiger partial charge in [0.2, 0.25) is 0 Å². The zero-order valence-corrected chi connectivity index (χ0v) is 15.9. The van der Waals surface area contributed by atoms with Crippen molar-refractivity contribution in [3.8, 4) is 0 Å². The number of rotatable bonds is 17. The van der Waals surface area contributed by atoms with E-state index < -0.39 is 17.9 Å². The number of aliphatic carboxylic acids is 3. The fourth-order valence-electron chi connectivity index (χ4n) is 2.39. The predicted molar refractivity (Wildman–Crippen MR) is 96.8 cm³/mol. The maximum Gasteiger partial charge on any atom is 0.317 e. The van der Waals surface area contributed by atoms with Crippen molar-refractivity contribution in [1.29, 1.82) is 0 Å². The first kappa shape index (κ1) is 24.9. The van der Waals surface area contributed by atoms with Crippen LogP contribution in [0.2, 0.25) is 0 Å². The summed E-state index contributed by atoms with van der Waals surface area (Å²) >= 11 is 0. The van der Waals surface area contributed by atoms with Gasteiger partial charge in [-0.1, -0.05) is 0 Å². The maximum atomic E-state index is 11.0. The molecule has 0 fully saturated rings. The minimum Gasteiger partial charge on any atom is -0.480 e. The summed E-state index contributed by atoms with van der Waals surface area (Å²) in [6, 6.07) is 0. The Hall–Kier alpha value is -2.08. The van der Waals surface area contributed by atoms with Crippen molar-refractivity contribution >= 4 is 24.2 Å². The van der Waals surface area contributed by atoms with Crippen LogP contribution in [-0.4, -0.2) is 139 Å². The molecular weight excluding hydrogens is 360 g/mol. The molecular formula is C16H30N4O7. The Morgan fingerprint density at radius 3 is 1.44 bits per heavy atom. The van der Waals surface area contributed by atoms with Gasteiger partial charge in [0.1, 0.15) is 6.29 Å². The highest BCUT2D eigenvalue weighted by Crippen LogP contribution is 1.96. The number of likely N-dealkylation sites (N-methyl/N-ethyl adjacent to an activating group) is 2. The van der Waals surface area contributed by atoms with Crippen molar-refractivity contribution in [2.45, 2.75) is 0 Å². The highest BCUT2D eigenvalue weighted by Gasteiger charge is 2.14. The number of carbonyl (C=O) groups is 4. The van der Waals surface area contributed by atoms with Gasteiger partial charge in [0.05, 0.1) is 26.2 Å². The highest BCUT2D eigenvalue weighted by atomic mass is 16.4. The second kappa shape index (κ2) is 14.0. The fraction of sp³-hybridized carbons (Fsp3) is 0.750. The molecule has 11 nitrogen and oxygen atoms in total. The van der Waals surface area contributed by atoms with Crippen molar-refractivity contribution in [3.63, 3.8) is 0 Å². The Bertz CT molecular complexity index is 489. The molecule has 0 aliphatic carbocycles. The molecule has 0 radical (unpaired) electrons. The number of hydrogen-bond acceptors (Lipinski definition) is 8. The van der Waals surface area contributed by atoms with Crippen LogP contribution in [0.25, 0.3) is 0 Å². The van der Waals surface area contributed by atoms with E-state index in [-0.39, 0.29) is 26.2 Å². The molecule has 156 valence electrons. The van der Waals surface area contributed by atoms with Gasteiger partial charge in [0.25, 0.3) is 0 Å². The summed E-state index contributed by atoms with van der Waals surface area (Å²) in [5.41, 5.74) is 0. The van der Waals surface area contributed by atoms with Crippen LogP contribution in [0.3, 0.4) is 0 Å². The average molecular weight is 390 g/mol. The normalized spacial score (nSPS) is 11.5. The Balaban J connectivity index is 4.53. The van der Waals surface area contributed by atoms with Crippen LogP contribution in [0, 0.1) is 0 Å². The summed E-state index contributed by atoms with van der Waals surface area (Å²) in [7, 11) is 3.31. The third-order valence-corrected chi connectivity index (χ3v) is 3.83. The summed E-state index contributed by atoms with van der Waals surface area (Å²) in [5.74, 6) is -2.87. The topological polar surface area (TPSA) is 142 Å². The van der Waals surface area contributed by atoms with Crippen LogP contribution in [-0.2, 0) is 19.2 Å². The van der Waals surface area contributed by atoms with E-state index in [1.54, 1.807) is 28.8 Å². The monoisotopic (exact) mass is 390 g/mol. The van der Waals surface area contributed by atoms with E-state index in [2.05, 4.69) is 0 Å². The highest BCUT2D eigenvalue weighted by molar-refractivity contribution is 5.69. The molecule has 0 spiro atoms. The van der Waals surface area contributed by atoms with E-state index in [0.29, 0.717) is 39.3 Å². The van der Waals surface area contributed by atoms with Gasteiger partial charge < -0.3 is 20.1 Å². The smallest absolute Gasteiger partial charge is 0.317 e. The van der Waals surface area contributed by atoms with E-state index in [1.165, 1.54) is 0 Å². The van der Waals surface area contributed by atoms with Crippen molar-refractivity contribution in [2.24, 2.45) is 0 Å². The zero-order chi connectivity index (χ0) is 20.8. The van der Waals surface area contributed by atoms with Gasteiger partial charge in [-0.3, -0.25) is 34.0 Å². The van der Waals surface area contributed by atoms with E-state index in [1.807, 2.05) is 4.90 Å². The van der Waals surface area contributed by atoms with Crippen LogP contribution in [0.4, 0.5) is 0 Å². The van der Waals surface area contributed by atoms with E-state index in [4.69, 9.17) is 15.3 Å². The first-order valence-electron chi connectivity index (χ1n) is 8.54. The first-order chi connectivity index (χ1) is 12.6. The van der Waals surface area contributed by atoms with Gasteiger partial charge in [-0.05, 0) is 14.1 Å². The molecule has 0 aliphatic heterocycles. The van der Waals surface area contributed by atoms with E-state index >= 15 is 0 Å². The summed E-state index contributed by atoms with van der Waals surface area (Å²) in [4.78, 5) is 50.0. The number of hydrogen-bond donors (Lipinski definition) is 3. The molecule has 0 saturated carbocycles. The summed E-state index contributed by atoms with van der Waals surface area (Å²) in [5, 5.41) is 26.6. The molecule has 27 heavy (non-hydrogen) atoms. The average Bonchev–Trinajstić information content (AvgIpc) is 2.53. The molecule has 0 atom stereocenters. The molecule has 0 rings (SSSR count). The minimum atomic E-state index is -0.987. The summed E-state index contributed by atoms with van der Waals surface area (Å²) in [6.45, 7) is 2.29. The quantitative estimate of drug-likeness (QED) is 0.235. The fourth-order valence-corrected chi connectivity index (χ4v) is 2.39. The lowest BCUT2D eigenvalue weighted by molar-refractivity contribution is -0.140. The SMILES string of the molecule is CN(CCN(CC=O)CCN(CCN(C)CC(=O)O)CC(=O)O)CC(=O)O. The second-order valence-electron chi connectivity index (χ2n) is 6.40. The van der Waals surface area contributed by atoms with Crippen LogP contribution in [0.1, 0.15) is 0 Å². The molecule has 11 heteroatoms. The molecule has 0 aliphatic rings. The van der Waals surface area contributed by atoms with Gasteiger partial charge in [-0.15, -0.1) is 0 Å². The number of carboxylic acids is 3. The summed E-state index contributed by atoms with van der Waals surface area (Å²) in [6.07, 6.45) is 0.749. The largest absolute Gasteiger partial charge is 0.480 e. The Kier molecular flexibility index (Phi) is 13.0. The number of aldehydes is 1. The Morgan fingerprint density at radius 2 is 1.04 bits per heavy atom. The van der Waals surface area contributed by atoms with Crippen LogP contribution in [0.15, 0.2) is 0 Å². The third-order valence-electron chi connectivity index (χ3n) is 3.83. The molecule has 0 heterocycles. The number of nitrogens with zero attached hydrogens (tertiary/aromatic N) is 4. The zero-order valence-electron chi connectivity index (χ0n) is 15.9. The molecule has 0 aromatic heterocycles.